The van der Waals surface area contributed by atoms with E-state index < -0.39 is 0 Å². The molecule has 0 bridgehead atoms. The molecule has 2 aromatic rings. The van der Waals surface area contributed by atoms with Crippen LogP contribution in [0.3, 0.4) is 0 Å². The van der Waals surface area contributed by atoms with Gasteiger partial charge in [-0.15, -0.1) is 24.2 Å². The zero-order chi connectivity index (χ0) is 14.4. The first-order valence-electron chi connectivity index (χ1n) is 7.05. The highest BCUT2D eigenvalue weighted by Gasteiger charge is 2.16. The van der Waals surface area contributed by atoms with E-state index in [0.29, 0.717) is 5.25 Å². The Hall–Kier alpha value is -0.960. The van der Waals surface area contributed by atoms with Gasteiger partial charge in [0.1, 0.15) is 0 Å². The maximum atomic E-state index is 2.26. The van der Waals surface area contributed by atoms with Gasteiger partial charge < -0.3 is 4.90 Å². The Bertz CT molecular complexity index is 528. The number of hydrogen-bond donors (Lipinski definition) is 0. The second-order valence-electron chi connectivity index (χ2n) is 5.32. The van der Waals surface area contributed by atoms with Crippen LogP contribution in [0.2, 0.25) is 0 Å². The van der Waals surface area contributed by atoms with Gasteiger partial charge in [-0.3, -0.25) is 0 Å². The van der Waals surface area contributed by atoms with Crippen molar-refractivity contribution in [3.8, 4) is 0 Å². The smallest absolute Gasteiger partial charge is 0.0549 e. The number of aryl methyl sites for hydroxylation is 1. The van der Waals surface area contributed by atoms with Crippen LogP contribution >= 0.6 is 24.2 Å². The molecular formula is C18H24ClNS. The number of halogens is 1. The lowest BCUT2D eigenvalue weighted by Gasteiger charge is -2.20. The van der Waals surface area contributed by atoms with E-state index in [0.717, 1.165) is 12.3 Å². The summed E-state index contributed by atoms with van der Waals surface area (Å²) in [6.45, 7) is 3.32. The fourth-order valence-electron chi connectivity index (χ4n) is 2.23. The maximum absolute atomic E-state index is 2.26. The van der Waals surface area contributed by atoms with Crippen molar-refractivity contribution in [1.29, 1.82) is 0 Å². The van der Waals surface area contributed by atoms with Crippen LogP contribution in [0.4, 0.5) is 0 Å². The topological polar surface area (TPSA) is 3.24 Å². The minimum Gasteiger partial charge on any atom is -0.309 e. The molecule has 0 aliphatic rings. The van der Waals surface area contributed by atoms with Crippen LogP contribution in [-0.2, 0) is 0 Å². The van der Waals surface area contributed by atoms with Gasteiger partial charge in [0.25, 0.3) is 0 Å². The Kier molecular flexibility index (Phi) is 7.87. The second kappa shape index (κ2) is 9.14. The van der Waals surface area contributed by atoms with Crippen LogP contribution in [0.1, 0.15) is 21.9 Å². The van der Waals surface area contributed by atoms with Gasteiger partial charge in [-0.25, -0.2) is 0 Å². The monoisotopic (exact) mass is 321 g/mol. The summed E-state index contributed by atoms with van der Waals surface area (Å²) < 4.78 is 0. The zero-order valence-electron chi connectivity index (χ0n) is 13.0. The normalized spacial score (nSPS) is 12.0. The van der Waals surface area contributed by atoms with E-state index in [4.69, 9.17) is 0 Å². The predicted molar refractivity (Wildman–Crippen MR) is 97.7 cm³/mol. The fourth-order valence-corrected chi connectivity index (χ4v) is 3.73. The number of nitrogens with zero attached hydrogens (tertiary/aromatic N) is 1. The van der Waals surface area contributed by atoms with Crippen molar-refractivity contribution in [2.75, 3.05) is 26.4 Å². The molecule has 0 saturated carbocycles. The van der Waals surface area contributed by atoms with Gasteiger partial charge in [-0.2, -0.15) is 0 Å². The highest BCUT2D eigenvalue weighted by atomic mass is 35.5. The first-order valence-corrected chi connectivity index (χ1v) is 8.10. The lowest BCUT2D eigenvalue weighted by atomic mass is 10.0. The van der Waals surface area contributed by atoms with Crippen molar-refractivity contribution >= 4 is 24.2 Å². The summed E-state index contributed by atoms with van der Waals surface area (Å²) in [5.41, 5.74) is 4.20. The van der Waals surface area contributed by atoms with Crippen LogP contribution in [0, 0.1) is 6.92 Å². The minimum atomic E-state index is 0. The van der Waals surface area contributed by atoms with E-state index in [1.807, 2.05) is 11.8 Å². The van der Waals surface area contributed by atoms with Crippen LogP contribution in [0.5, 0.6) is 0 Å². The molecule has 0 spiro atoms. The Morgan fingerprint density at radius 3 is 2.19 bits per heavy atom. The lowest BCUT2D eigenvalue weighted by molar-refractivity contribution is 0.437. The molecule has 0 aliphatic heterocycles. The van der Waals surface area contributed by atoms with Crippen LogP contribution in [-0.4, -0.2) is 31.3 Å². The van der Waals surface area contributed by atoms with Gasteiger partial charge in [-0.05, 0) is 37.7 Å². The molecule has 0 heterocycles. The van der Waals surface area contributed by atoms with E-state index in [-0.39, 0.29) is 12.4 Å². The van der Waals surface area contributed by atoms with Crippen LogP contribution in [0.25, 0.3) is 0 Å². The molecule has 1 nitrogen and oxygen atoms in total. The van der Waals surface area contributed by atoms with Gasteiger partial charge >= 0.3 is 0 Å². The number of rotatable bonds is 6. The second-order valence-corrected chi connectivity index (χ2v) is 6.53. The molecule has 0 amide bonds. The maximum Gasteiger partial charge on any atom is 0.0549 e. The van der Waals surface area contributed by atoms with Gasteiger partial charge in [0.2, 0.25) is 0 Å². The lowest BCUT2D eigenvalue weighted by Crippen LogP contribution is -2.15. The average molecular weight is 322 g/mol. The van der Waals surface area contributed by atoms with Gasteiger partial charge in [0.05, 0.1) is 5.25 Å². The summed E-state index contributed by atoms with van der Waals surface area (Å²) in [5, 5.41) is 0.428. The third-order valence-electron chi connectivity index (χ3n) is 3.40. The standard InChI is InChI=1S/C18H23NS.ClH/c1-15-9-7-8-12-17(15)18(20-14-13-19(2)3)16-10-5-4-6-11-16;/h4-12,18H,13-14H2,1-3H3;1H. The van der Waals surface area contributed by atoms with Crippen LogP contribution in [0.15, 0.2) is 54.6 Å². The zero-order valence-corrected chi connectivity index (χ0v) is 14.6. The van der Waals surface area contributed by atoms with Crippen molar-refractivity contribution in [3.05, 3.63) is 71.3 Å². The molecule has 0 N–H and O–H groups in total. The van der Waals surface area contributed by atoms with E-state index in [1.54, 1.807) is 0 Å². The Labute approximate surface area is 139 Å². The molecule has 2 aromatic carbocycles. The quantitative estimate of drug-likeness (QED) is 0.751. The first-order chi connectivity index (χ1) is 9.68. The Morgan fingerprint density at radius 2 is 1.57 bits per heavy atom. The van der Waals surface area contributed by atoms with Crippen molar-refractivity contribution in [3.63, 3.8) is 0 Å². The molecule has 0 aromatic heterocycles. The third-order valence-corrected chi connectivity index (χ3v) is 4.67. The van der Waals surface area contributed by atoms with Gasteiger partial charge in [0.15, 0.2) is 0 Å². The fraction of sp³-hybridized carbons (Fsp3) is 0.333. The van der Waals surface area contributed by atoms with Crippen molar-refractivity contribution in [2.45, 2.75) is 12.2 Å². The van der Waals surface area contributed by atoms with E-state index >= 15 is 0 Å². The SMILES string of the molecule is Cc1ccccc1C(SCCN(C)C)c1ccccc1.Cl. The van der Waals surface area contributed by atoms with Gasteiger partial charge in [0, 0.05) is 12.3 Å². The molecule has 1 atom stereocenters. The Morgan fingerprint density at radius 1 is 0.952 bits per heavy atom. The summed E-state index contributed by atoms with van der Waals surface area (Å²) >= 11 is 2.03. The molecule has 3 heteroatoms. The summed E-state index contributed by atoms with van der Waals surface area (Å²) in [6, 6.07) is 19.5. The Balaban J connectivity index is 0.00000220. The number of benzene rings is 2. The summed E-state index contributed by atoms with van der Waals surface area (Å²) in [4.78, 5) is 2.24. The van der Waals surface area contributed by atoms with Crippen molar-refractivity contribution < 1.29 is 0 Å². The number of thioether (sulfide) groups is 1. The van der Waals surface area contributed by atoms with E-state index in [1.165, 1.54) is 16.7 Å². The predicted octanol–water partition coefficient (Wildman–Crippen LogP) is 4.80. The molecule has 0 fully saturated rings. The minimum absolute atomic E-state index is 0. The molecular weight excluding hydrogens is 298 g/mol. The molecule has 0 saturated heterocycles. The summed E-state index contributed by atoms with van der Waals surface area (Å²) in [5.74, 6) is 1.14. The third kappa shape index (κ3) is 5.39. The van der Waals surface area contributed by atoms with Crippen molar-refractivity contribution in [2.24, 2.45) is 0 Å². The van der Waals surface area contributed by atoms with E-state index in [2.05, 4.69) is 80.5 Å². The molecule has 0 aliphatic carbocycles. The highest BCUT2D eigenvalue weighted by Crippen LogP contribution is 2.36. The summed E-state index contributed by atoms with van der Waals surface area (Å²) in [7, 11) is 4.26. The highest BCUT2D eigenvalue weighted by molar-refractivity contribution is 7.99. The largest absolute Gasteiger partial charge is 0.309 e. The molecule has 2 rings (SSSR count). The number of hydrogen-bond acceptors (Lipinski definition) is 2. The van der Waals surface area contributed by atoms with Crippen LogP contribution < -0.4 is 0 Å². The molecule has 0 radical (unpaired) electrons. The van der Waals surface area contributed by atoms with E-state index in [9.17, 15) is 0 Å². The molecule has 1 unspecified atom stereocenters. The molecule has 21 heavy (non-hydrogen) atoms. The summed E-state index contributed by atoms with van der Waals surface area (Å²) in [6.07, 6.45) is 0. The van der Waals surface area contributed by atoms with Gasteiger partial charge in [-0.1, -0.05) is 54.6 Å². The van der Waals surface area contributed by atoms with Crippen molar-refractivity contribution in [1.82, 2.24) is 4.90 Å². The molecule has 114 valence electrons. The average Bonchev–Trinajstić information content (AvgIpc) is 2.45. The first kappa shape index (κ1) is 18.1.